The highest BCUT2D eigenvalue weighted by Crippen LogP contribution is 2.20. The number of hydrogen-bond acceptors (Lipinski definition) is 2. The molecule has 0 aliphatic carbocycles. The SMILES string of the molecule is C#CC(CC)NC(C)C1CCN(CC)CC1. The van der Waals surface area contributed by atoms with E-state index >= 15 is 0 Å². The summed E-state index contributed by atoms with van der Waals surface area (Å²) in [6.07, 6.45) is 9.12. The highest BCUT2D eigenvalue weighted by Gasteiger charge is 2.23. The molecule has 1 fully saturated rings. The van der Waals surface area contributed by atoms with Crippen LogP contribution in [0.1, 0.15) is 40.0 Å². The fraction of sp³-hybridized carbons (Fsp3) is 0.857. The van der Waals surface area contributed by atoms with Crippen molar-refractivity contribution >= 4 is 0 Å². The molecule has 0 aromatic carbocycles. The van der Waals surface area contributed by atoms with Crippen LogP contribution in [0, 0.1) is 18.3 Å². The highest BCUT2D eigenvalue weighted by atomic mass is 15.1. The van der Waals surface area contributed by atoms with Gasteiger partial charge in [-0.15, -0.1) is 6.42 Å². The van der Waals surface area contributed by atoms with E-state index in [9.17, 15) is 0 Å². The van der Waals surface area contributed by atoms with Crippen molar-refractivity contribution < 1.29 is 0 Å². The van der Waals surface area contributed by atoms with Crippen molar-refractivity contribution in [2.24, 2.45) is 5.92 Å². The van der Waals surface area contributed by atoms with Gasteiger partial charge in [-0.2, -0.15) is 0 Å². The molecule has 1 rings (SSSR count). The van der Waals surface area contributed by atoms with Crippen LogP contribution < -0.4 is 5.32 Å². The lowest BCUT2D eigenvalue weighted by atomic mass is 9.90. The van der Waals surface area contributed by atoms with Crippen molar-refractivity contribution in [3.63, 3.8) is 0 Å². The Morgan fingerprint density at radius 1 is 1.38 bits per heavy atom. The quantitative estimate of drug-likeness (QED) is 0.717. The van der Waals surface area contributed by atoms with Crippen molar-refractivity contribution in [1.82, 2.24) is 10.2 Å². The molecule has 92 valence electrons. The number of likely N-dealkylation sites (tertiary alicyclic amines) is 1. The van der Waals surface area contributed by atoms with Crippen LogP contribution in [0.5, 0.6) is 0 Å². The zero-order chi connectivity index (χ0) is 12.0. The molecule has 1 heterocycles. The lowest BCUT2D eigenvalue weighted by Crippen LogP contribution is -2.44. The molecule has 2 nitrogen and oxygen atoms in total. The Hall–Kier alpha value is -0.520. The molecule has 1 N–H and O–H groups in total. The Bertz CT molecular complexity index is 223. The number of hydrogen-bond donors (Lipinski definition) is 1. The Morgan fingerprint density at radius 2 is 2.00 bits per heavy atom. The van der Waals surface area contributed by atoms with E-state index in [1.165, 1.54) is 32.5 Å². The second kappa shape index (κ2) is 6.93. The van der Waals surface area contributed by atoms with Crippen LogP contribution in [-0.4, -0.2) is 36.6 Å². The summed E-state index contributed by atoms with van der Waals surface area (Å²) in [6, 6.07) is 0.805. The predicted octanol–water partition coefficient (Wildman–Crippen LogP) is 2.11. The number of terminal acetylenes is 1. The molecule has 0 spiro atoms. The average Bonchev–Trinajstić information content (AvgIpc) is 2.35. The molecule has 0 aromatic heterocycles. The summed E-state index contributed by atoms with van der Waals surface area (Å²) < 4.78 is 0. The molecule has 2 unspecified atom stereocenters. The molecule has 0 saturated carbocycles. The van der Waals surface area contributed by atoms with E-state index in [-0.39, 0.29) is 6.04 Å². The topological polar surface area (TPSA) is 15.3 Å². The largest absolute Gasteiger partial charge is 0.304 e. The number of piperidine rings is 1. The van der Waals surface area contributed by atoms with Crippen molar-refractivity contribution in [3.05, 3.63) is 0 Å². The monoisotopic (exact) mass is 222 g/mol. The van der Waals surface area contributed by atoms with E-state index in [2.05, 4.69) is 36.9 Å². The highest BCUT2D eigenvalue weighted by molar-refractivity contribution is 4.99. The van der Waals surface area contributed by atoms with Crippen molar-refractivity contribution in [2.75, 3.05) is 19.6 Å². The Labute approximate surface area is 101 Å². The summed E-state index contributed by atoms with van der Waals surface area (Å²) in [4.78, 5) is 2.53. The van der Waals surface area contributed by atoms with Crippen LogP contribution in [0.4, 0.5) is 0 Å². The number of nitrogens with zero attached hydrogens (tertiary/aromatic N) is 1. The van der Waals surface area contributed by atoms with Gasteiger partial charge in [0.25, 0.3) is 0 Å². The van der Waals surface area contributed by atoms with E-state index in [0.717, 1.165) is 12.3 Å². The van der Waals surface area contributed by atoms with Gasteiger partial charge in [0.1, 0.15) is 0 Å². The van der Waals surface area contributed by atoms with Crippen LogP contribution in [-0.2, 0) is 0 Å². The Morgan fingerprint density at radius 3 is 2.44 bits per heavy atom. The fourth-order valence-electron chi connectivity index (χ4n) is 2.51. The van der Waals surface area contributed by atoms with E-state index in [4.69, 9.17) is 6.42 Å². The minimum absolute atomic E-state index is 0.249. The molecule has 1 saturated heterocycles. The van der Waals surface area contributed by atoms with Crippen LogP contribution in [0.2, 0.25) is 0 Å². The van der Waals surface area contributed by atoms with Crippen LogP contribution in [0.25, 0.3) is 0 Å². The molecule has 0 amide bonds. The maximum Gasteiger partial charge on any atom is 0.0686 e. The van der Waals surface area contributed by atoms with E-state index < -0.39 is 0 Å². The summed E-state index contributed by atoms with van der Waals surface area (Å²) in [7, 11) is 0. The maximum absolute atomic E-state index is 5.48. The third-order valence-corrected chi connectivity index (χ3v) is 3.86. The van der Waals surface area contributed by atoms with Gasteiger partial charge < -0.3 is 10.2 Å². The van der Waals surface area contributed by atoms with Gasteiger partial charge in [0.15, 0.2) is 0 Å². The van der Waals surface area contributed by atoms with E-state index in [1.54, 1.807) is 0 Å². The van der Waals surface area contributed by atoms with Gasteiger partial charge in [0.2, 0.25) is 0 Å². The predicted molar refractivity (Wildman–Crippen MR) is 70.3 cm³/mol. The first-order chi connectivity index (χ1) is 7.71. The number of nitrogens with one attached hydrogen (secondary N) is 1. The van der Waals surface area contributed by atoms with E-state index in [0.29, 0.717) is 6.04 Å². The zero-order valence-corrected chi connectivity index (χ0v) is 11.0. The van der Waals surface area contributed by atoms with Gasteiger partial charge in [-0.05, 0) is 51.7 Å². The lowest BCUT2D eigenvalue weighted by Gasteiger charge is -2.35. The van der Waals surface area contributed by atoms with Crippen LogP contribution in [0.15, 0.2) is 0 Å². The first-order valence-electron chi connectivity index (χ1n) is 6.65. The normalized spacial score (nSPS) is 22.6. The standard InChI is InChI=1S/C14H26N2/c1-5-14(6-2)15-12(4)13-8-10-16(7-3)11-9-13/h1,12-15H,6-11H2,2-4H3. The van der Waals surface area contributed by atoms with E-state index in [1.807, 2.05) is 0 Å². The molecule has 2 heteroatoms. The summed E-state index contributed by atoms with van der Waals surface area (Å²) >= 11 is 0. The van der Waals surface area contributed by atoms with Crippen LogP contribution >= 0.6 is 0 Å². The maximum atomic E-state index is 5.48. The molecular weight excluding hydrogens is 196 g/mol. The second-order valence-corrected chi connectivity index (χ2v) is 4.85. The average molecular weight is 222 g/mol. The molecule has 2 atom stereocenters. The van der Waals surface area contributed by atoms with Gasteiger partial charge in [-0.3, -0.25) is 0 Å². The first kappa shape index (κ1) is 13.5. The molecule has 0 bridgehead atoms. The van der Waals surface area contributed by atoms with Crippen molar-refractivity contribution in [3.8, 4) is 12.3 Å². The van der Waals surface area contributed by atoms with Crippen LogP contribution in [0.3, 0.4) is 0 Å². The molecule has 0 radical (unpaired) electrons. The minimum atomic E-state index is 0.249. The first-order valence-corrected chi connectivity index (χ1v) is 6.65. The molecule has 0 aromatic rings. The zero-order valence-electron chi connectivity index (χ0n) is 11.0. The summed E-state index contributed by atoms with van der Waals surface area (Å²) in [6.45, 7) is 10.4. The Balaban J connectivity index is 2.33. The smallest absolute Gasteiger partial charge is 0.0686 e. The third kappa shape index (κ3) is 3.81. The second-order valence-electron chi connectivity index (χ2n) is 4.85. The molecule has 1 aliphatic rings. The van der Waals surface area contributed by atoms with Gasteiger partial charge in [0, 0.05) is 6.04 Å². The summed E-state index contributed by atoms with van der Waals surface area (Å²) in [5.41, 5.74) is 0. The summed E-state index contributed by atoms with van der Waals surface area (Å²) in [5, 5.41) is 3.56. The minimum Gasteiger partial charge on any atom is -0.304 e. The van der Waals surface area contributed by atoms with Crippen molar-refractivity contribution in [2.45, 2.75) is 52.1 Å². The van der Waals surface area contributed by atoms with Crippen molar-refractivity contribution in [1.29, 1.82) is 0 Å². The summed E-state index contributed by atoms with van der Waals surface area (Å²) in [5.74, 6) is 3.62. The number of rotatable bonds is 5. The van der Waals surface area contributed by atoms with Gasteiger partial charge in [-0.1, -0.05) is 19.8 Å². The fourth-order valence-corrected chi connectivity index (χ4v) is 2.51. The van der Waals surface area contributed by atoms with Gasteiger partial charge in [0.05, 0.1) is 6.04 Å². The molecular formula is C14H26N2. The third-order valence-electron chi connectivity index (χ3n) is 3.86. The molecule has 1 aliphatic heterocycles. The van der Waals surface area contributed by atoms with Gasteiger partial charge in [-0.25, -0.2) is 0 Å². The lowest BCUT2D eigenvalue weighted by molar-refractivity contribution is 0.166. The Kier molecular flexibility index (Phi) is 5.87. The molecule has 16 heavy (non-hydrogen) atoms. The van der Waals surface area contributed by atoms with Gasteiger partial charge >= 0.3 is 0 Å².